The van der Waals surface area contributed by atoms with Crippen LogP contribution in [0.15, 0.2) is 52.8 Å². The second kappa shape index (κ2) is 10.7. The molecule has 1 aromatic carbocycles. The van der Waals surface area contributed by atoms with Gasteiger partial charge in [0.1, 0.15) is 0 Å². The highest BCUT2D eigenvalue weighted by molar-refractivity contribution is 8.14. The monoisotopic (exact) mass is 633 g/mol. The number of aliphatic hydroxyl groups is 1. The fourth-order valence-corrected chi connectivity index (χ4v) is 10.2. The number of aromatic nitrogens is 2. The van der Waals surface area contributed by atoms with E-state index in [9.17, 15) is 28.7 Å². The van der Waals surface area contributed by atoms with E-state index in [4.69, 9.17) is 9.15 Å². The van der Waals surface area contributed by atoms with Crippen molar-refractivity contribution in [1.29, 1.82) is 5.26 Å². The molecule has 45 heavy (non-hydrogen) atoms. The molecule has 0 bridgehead atoms. The topological polar surface area (TPSA) is 118 Å². The van der Waals surface area contributed by atoms with Gasteiger partial charge in [-0.3, -0.25) is 4.79 Å². The Morgan fingerprint density at radius 2 is 2.07 bits per heavy atom. The minimum Gasteiger partial charge on any atom is -0.457 e. The number of aliphatic hydroxyl groups excluding tert-OH is 1. The lowest BCUT2D eigenvalue weighted by atomic mass is 9.45. The van der Waals surface area contributed by atoms with Crippen molar-refractivity contribution in [2.24, 2.45) is 28.6 Å². The first-order chi connectivity index (χ1) is 21.5. The van der Waals surface area contributed by atoms with E-state index in [1.54, 1.807) is 16.9 Å². The van der Waals surface area contributed by atoms with E-state index >= 15 is 0 Å². The molecule has 4 aliphatic rings. The fourth-order valence-electron chi connectivity index (χ4n) is 9.36. The summed E-state index contributed by atoms with van der Waals surface area (Å²) in [7, 11) is 0. The van der Waals surface area contributed by atoms with Crippen LogP contribution in [0.1, 0.15) is 67.8 Å². The number of fused-ring (bicyclic) bond motifs is 6. The average molecular weight is 634 g/mol. The Balaban J connectivity index is 1.23. The number of thioether (sulfide) groups is 1. The van der Waals surface area contributed by atoms with E-state index in [1.165, 1.54) is 24.0 Å². The number of rotatable bonds is 5. The Bertz CT molecular complexity index is 1760. The lowest BCUT2D eigenvalue weighted by Crippen LogP contribution is -2.62. The van der Waals surface area contributed by atoms with Gasteiger partial charge in [0.25, 0.3) is 0 Å². The quantitative estimate of drug-likeness (QED) is 0.327. The number of esters is 1. The van der Waals surface area contributed by atoms with E-state index < -0.39 is 40.1 Å². The summed E-state index contributed by atoms with van der Waals surface area (Å²) in [6.45, 7) is 4.15. The van der Waals surface area contributed by atoms with Gasteiger partial charge in [0.05, 0.1) is 41.8 Å². The molecule has 3 fully saturated rings. The van der Waals surface area contributed by atoms with Gasteiger partial charge in [-0.1, -0.05) is 31.2 Å². The van der Waals surface area contributed by atoms with Gasteiger partial charge in [-0.15, -0.1) is 0 Å². The number of hydrogen-bond donors (Lipinski definition) is 1. The van der Waals surface area contributed by atoms with Gasteiger partial charge in [0, 0.05) is 11.5 Å². The lowest BCUT2D eigenvalue weighted by Gasteiger charge is -2.60. The highest BCUT2D eigenvalue weighted by Gasteiger charge is 2.70. The molecule has 4 aliphatic carbocycles. The van der Waals surface area contributed by atoms with Gasteiger partial charge in [0.15, 0.2) is 17.2 Å². The number of hydrogen-bond acceptors (Lipinski definition) is 8. The van der Waals surface area contributed by atoms with Crippen LogP contribution in [0.4, 0.5) is 8.78 Å². The second-order valence-corrected chi connectivity index (χ2v) is 14.3. The maximum Gasteiger partial charge on any atom is 0.375 e. The summed E-state index contributed by atoms with van der Waals surface area (Å²) in [6, 6.07) is 8.81. The number of allylic oxidation sites excluding steroid dienone is 1. The zero-order valence-corrected chi connectivity index (χ0v) is 25.8. The Morgan fingerprint density at radius 3 is 2.80 bits per heavy atom. The third kappa shape index (κ3) is 4.36. The molecule has 8 nitrogen and oxygen atoms in total. The van der Waals surface area contributed by atoms with Crippen molar-refractivity contribution in [1.82, 2.24) is 9.78 Å². The van der Waals surface area contributed by atoms with Crippen LogP contribution in [0, 0.1) is 51.5 Å². The maximum absolute atomic E-state index is 14.1. The molecular weight excluding hydrogens is 600 g/mol. The van der Waals surface area contributed by atoms with Crippen molar-refractivity contribution in [3.8, 4) is 11.8 Å². The van der Waals surface area contributed by atoms with Crippen molar-refractivity contribution in [2.45, 2.75) is 64.1 Å². The predicted octanol–water partition coefficient (Wildman–Crippen LogP) is 6.28. The number of halogens is 2. The normalized spacial score (nSPS) is 33.2. The van der Waals surface area contributed by atoms with Crippen LogP contribution in [0.2, 0.25) is 0 Å². The second-order valence-electron chi connectivity index (χ2n) is 13.3. The van der Waals surface area contributed by atoms with Crippen LogP contribution in [-0.2, 0) is 16.0 Å². The first-order valence-electron chi connectivity index (χ1n) is 15.2. The minimum absolute atomic E-state index is 0.00405. The van der Waals surface area contributed by atoms with Crippen LogP contribution in [-0.4, -0.2) is 43.4 Å². The van der Waals surface area contributed by atoms with Crippen molar-refractivity contribution in [3.05, 3.63) is 77.0 Å². The SMILES string of the molecule is C[C@]12Cc3cnn(-c4ccc(F)c(F)c4)c3C=C1CC[C@@H]1[C@@H]2[C@@H](O)C[C@@]2(C)[C@H]1CC[C@]2(OC(=O)c1ccco1)C(=O)SCC#N. The molecule has 0 radical (unpaired) electrons. The molecule has 0 saturated heterocycles. The third-order valence-electron chi connectivity index (χ3n) is 11.3. The van der Waals surface area contributed by atoms with Crippen molar-refractivity contribution in [3.63, 3.8) is 0 Å². The summed E-state index contributed by atoms with van der Waals surface area (Å²) in [6.07, 6.45) is 7.79. The summed E-state index contributed by atoms with van der Waals surface area (Å²) in [5.41, 5.74) is 0.631. The third-order valence-corrected chi connectivity index (χ3v) is 12.1. The number of carbonyl (C=O) groups is 2. The molecule has 0 aliphatic heterocycles. The highest BCUT2D eigenvalue weighted by Crippen LogP contribution is 2.69. The Hall–Kier alpha value is -3.75. The average Bonchev–Trinajstić information content (AvgIpc) is 3.74. The summed E-state index contributed by atoms with van der Waals surface area (Å²) in [5, 5.41) is 25.5. The van der Waals surface area contributed by atoms with E-state index in [-0.39, 0.29) is 40.8 Å². The molecule has 3 aromatic rings. The Morgan fingerprint density at radius 1 is 1.24 bits per heavy atom. The molecule has 7 atom stereocenters. The van der Waals surface area contributed by atoms with Gasteiger partial charge in [0.2, 0.25) is 10.9 Å². The van der Waals surface area contributed by atoms with Crippen LogP contribution < -0.4 is 0 Å². The largest absolute Gasteiger partial charge is 0.457 e. The fraction of sp³-hybridized carbons (Fsp3) is 0.471. The van der Waals surface area contributed by atoms with Crippen molar-refractivity contribution >= 4 is 28.9 Å². The van der Waals surface area contributed by atoms with E-state index in [2.05, 4.69) is 18.1 Å². The van der Waals surface area contributed by atoms with Gasteiger partial charge in [-0.05, 0) is 97.6 Å². The number of ether oxygens (including phenoxy) is 1. The standard InChI is InChI=1S/C34H33F2N3O5S/c1-32-16-19-18-38-39(21-6-8-24(35)25(36)15-21)26(19)14-20(32)5-7-22-23-9-10-34(31(42)45-13-11-37,33(23,2)17-27(40)29(22)32)44-30(41)28-4-3-12-43-28/h3-4,6,8,12,14-15,18,22-23,27,29,40H,5,7,9-10,13,16-17H2,1-2H3/t22-,23-,27-,29+,32-,33-,34-/m0/s1. The Kier molecular flexibility index (Phi) is 7.09. The molecule has 2 aromatic heterocycles. The summed E-state index contributed by atoms with van der Waals surface area (Å²) in [5.74, 6) is -2.73. The van der Waals surface area contributed by atoms with Crippen LogP contribution in [0.25, 0.3) is 11.8 Å². The molecule has 0 spiro atoms. The zero-order chi connectivity index (χ0) is 31.7. The smallest absolute Gasteiger partial charge is 0.375 e. The Labute approximate surface area is 263 Å². The zero-order valence-electron chi connectivity index (χ0n) is 25.0. The van der Waals surface area contributed by atoms with E-state index in [0.717, 1.165) is 48.0 Å². The van der Waals surface area contributed by atoms with Gasteiger partial charge < -0.3 is 14.3 Å². The van der Waals surface area contributed by atoms with Gasteiger partial charge >= 0.3 is 5.97 Å². The number of benzene rings is 1. The van der Waals surface area contributed by atoms with Crippen molar-refractivity contribution < 1.29 is 32.6 Å². The van der Waals surface area contributed by atoms with Crippen molar-refractivity contribution in [2.75, 3.05) is 5.75 Å². The molecule has 11 heteroatoms. The minimum atomic E-state index is -1.52. The molecule has 1 N–H and O–H groups in total. The first-order valence-corrected chi connectivity index (χ1v) is 16.2. The number of nitrogens with zero attached hydrogens (tertiary/aromatic N) is 3. The molecule has 0 amide bonds. The first kappa shape index (κ1) is 29.9. The van der Waals surface area contributed by atoms with E-state index in [1.807, 2.05) is 13.0 Å². The van der Waals surface area contributed by atoms with Crippen LogP contribution >= 0.6 is 11.8 Å². The molecular formula is C34H33F2N3O5S. The van der Waals surface area contributed by atoms with Gasteiger partial charge in [-0.25, -0.2) is 18.3 Å². The van der Waals surface area contributed by atoms with E-state index in [0.29, 0.717) is 24.9 Å². The summed E-state index contributed by atoms with van der Waals surface area (Å²) in [4.78, 5) is 27.2. The van der Waals surface area contributed by atoms with Gasteiger partial charge in [-0.2, -0.15) is 10.4 Å². The number of furan rings is 1. The lowest BCUT2D eigenvalue weighted by molar-refractivity contribution is -0.175. The predicted molar refractivity (Wildman–Crippen MR) is 161 cm³/mol. The summed E-state index contributed by atoms with van der Waals surface area (Å²) < 4.78 is 40.8. The molecule has 2 heterocycles. The molecule has 234 valence electrons. The number of nitriles is 1. The van der Waals surface area contributed by atoms with Crippen LogP contribution in [0.3, 0.4) is 0 Å². The molecule has 0 unspecified atom stereocenters. The van der Waals surface area contributed by atoms with Crippen LogP contribution in [0.5, 0.6) is 0 Å². The molecule has 3 saturated carbocycles. The highest BCUT2D eigenvalue weighted by atomic mass is 32.2. The maximum atomic E-state index is 14.1. The number of carbonyl (C=O) groups excluding carboxylic acids is 2. The molecule has 7 rings (SSSR count). The summed E-state index contributed by atoms with van der Waals surface area (Å²) >= 11 is 0.856.